The van der Waals surface area contributed by atoms with Gasteiger partial charge in [0.2, 0.25) is 5.91 Å². The van der Waals surface area contributed by atoms with Crippen LogP contribution in [0.5, 0.6) is 0 Å². The van der Waals surface area contributed by atoms with Gasteiger partial charge in [0.05, 0.1) is 18.8 Å². The molecule has 1 amide bonds. The maximum Gasteiger partial charge on any atom is 0.416 e. The number of aromatic nitrogens is 2. The van der Waals surface area contributed by atoms with Crippen molar-refractivity contribution < 1.29 is 22.7 Å². The summed E-state index contributed by atoms with van der Waals surface area (Å²) in [7, 11) is 0. The number of halogens is 3. The summed E-state index contributed by atoms with van der Waals surface area (Å²) in [6.07, 6.45) is -0.818. The minimum atomic E-state index is -4.38. The average molecular weight is 476 g/mol. The number of carbonyl (C=O) groups is 1. The van der Waals surface area contributed by atoms with Gasteiger partial charge >= 0.3 is 6.18 Å². The standard InChI is InChI=1S/C24H28F3N5O2/c25-24(26,27)20-2-1-17-3-8-32(15-19(17)13-20)23(33)18-4-6-30(7-5-18)21-14-22(29-16-28-21)31-9-11-34-12-10-31/h1-2,13-14,16,18H,3-12,15H2. The molecule has 0 atom stereocenters. The number of amides is 1. The summed E-state index contributed by atoms with van der Waals surface area (Å²) < 4.78 is 44.7. The minimum Gasteiger partial charge on any atom is -0.378 e. The molecule has 34 heavy (non-hydrogen) atoms. The van der Waals surface area contributed by atoms with E-state index in [1.807, 2.05) is 6.07 Å². The first-order chi connectivity index (χ1) is 16.4. The molecule has 3 aliphatic heterocycles. The Bertz CT molecular complexity index is 1030. The van der Waals surface area contributed by atoms with E-state index in [0.29, 0.717) is 57.7 Å². The van der Waals surface area contributed by atoms with Crippen molar-refractivity contribution in [2.24, 2.45) is 5.92 Å². The molecule has 182 valence electrons. The highest BCUT2D eigenvalue weighted by atomic mass is 19.4. The summed E-state index contributed by atoms with van der Waals surface area (Å²) in [5.41, 5.74) is 0.838. The van der Waals surface area contributed by atoms with Crippen LogP contribution in [0, 0.1) is 5.92 Å². The quantitative estimate of drug-likeness (QED) is 0.680. The van der Waals surface area contributed by atoms with E-state index in [0.717, 1.165) is 36.4 Å². The molecular formula is C24H28F3N5O2. The molecule has 4 heterocycles. The fourth-order valence-corrected chi connectivity index (χ4v) is 5.01. The summed E-state index contributed by atoms with van der Waals surface area (Å²) in [5, 5.41) is 0. The lowest BCUT2D eigenvalue weighted by atomic mass is 9.92. The van der Waals surface area contributed by atoms with E-state index in [4.69, 9.17) is 4.74 Å². The molecule has 0 unspecified atom stereocenters. The van der Waals surface area contributed by atoms with Crippen molar-refractivity contribution in [3.63, 3.8) is 0 Å². The second-order valence-corrected chi connectivity index (χ2v) is 9.09. The zero-order valence-corrected chi connectivity index (χ0v) is 18.9. The number of morpholine rings is 1. The molecule has 7 nitrogen and oxygen atoms in total. The molecule has 2 aromatic rings. The number of piperidine rings is 1. The smallest absolute Gasteiger partial charge is 0.378 e. The van der Waals surface area contributed by atoms with Gasteiger partial charge in [-0.25, -0.2) is 9.97 Å². The number of rotatable bonds is 3. The number of benzene rings is 1. The first kappa shape index (κ1) is 22.9. The predicted molar refractivity (Wildman–Crippen MR) is 121 cm³/mol. The van der Waals surface area contributed by atoms with E-state index >= 15 is 0 Å². The number of alkyl halides is 3. The highest BCUT2D eigenvalue weighted by molar-refractivity contribution is 5.79. The molecule has 0 N–H and O–H groups in total. The van der Waals surface area contributed by atoms with Gasteiger partial charge in [-0.15, -0.1) is 0 Å². The van der Waals surface area contributed by atoms with Crippen LogP contribution in [0.1, 0.15) is 29.5 Å². The molecule has 2 saturated heterocycles. The van der Waals surface area contributed by atoms with Gasteiger partial charge in [0.1, 0.15) is 18.0 Å². The van der Waals surface area contributed by atoms with Crippen LogP contribution in [-0.4, -0.2) is 66.7 Å². The molecular weight excluding hydrogens is 447 g/mol. The fraction of sp³-hybridized carbons (Fsp3) is 0.542. The van der Waals surface area contributed by atoms with E-state index in [1.54, 1.807) is 17.3 Å². The van der Waals surface area contributed by atoms with E-state index in [2.05, 4.69) is 19.8 Å². The number of nitrogens with zero attached hydrogens (tertiary/aromatic N) is 5. The Balaban J connectivity index is 1.20. The van der Waals surface area contributed by atoms with Crippen molar-refractivity contribution in [1.82, 2.24) is 14.9 Å². The second-order valence-electron chi connectivity index (χ2n) is 9.09. The highest BCUT2D eigenvalue weighted by Crippen LogP contribution is 2.33. The summed E-state index contributed by atoms with van der Waals surface area (Å²) in [6.45, 7) is 5.18. The monoisotopic (exact) mass is 475 g/mol. The average Bonchev–Trinajstić information content (AvgIpc) is 2.88. The van der Waals surface area contributed by atoms with Crippen molar-refractivity contribution in [3.8, 4) is 0 Å². The van der Waals surface area contributed by atoms with Gasteiger partial charge < -0.3 is 19.4 Å². The Hall–Kier alpha value is -2.88. The van der Waals surface area contributed by atoms with Crippen molar-refractivity contribution in [3.05, 3.63) is 47.3 Å². The van der Waals surface area contributed by atoms with Gasteiger partial charge in [0, 0.05) is 51.3 Å². The van der Waals surface area contributed by atoms with Crippen molar-refractivity contribution in [2.75, 3.05) is 55.7 Å². The molecule has 3 aliphatic rings. The number of fused-ring (bicyclic) bond motifs is 1. The molecule has 1 aromatic carbocycles. The number of anilines is 2. The lowest BCUT2D eigenvalue weighted by Gasteiger charge is -2.37. The molecule has 1 aromatic heterocycles. The zero-order valence-electron chi connectivity index (χ0n) is 18.9. The third kappa shape index (κ3) is 4.82. The van der Waals surface area contributed by atoms with Crippen molar-refractivity contribution >= 4 is 17.5 Å². The Kier molecular flexibility index (Phi) is 6.33. The van der Waals surface area contributed by atoms with Gasteiger partial charge in [0.25, 0.3) is 0 Å². The highest BCUT2D eigenvalue weighted by Gasteiger charge is 2.34. The van der Waals surface area contributed by atoms with E-state index < -0.39 is 11.7 Å². The Morgan fingerprint density at radius 1 is 0.912 bits per heavy atom. The lowest BCUT2D eigenvalue weighted by molar-refractivity contribution is -0.137. The molecule has 2 fully saturated rings. The largest absolute Gasteiger partial charge is 0.416 e. The van der Waals surface area contributed by atoms with Crippen LogP contribution in [0.3, 0.4) is 0 Å². The number of carbonyl (C=O) groups excluding carboxylic acids is 1. The zero-order chi connectivity index (χ0) is 23.7. The number of ether oxygens (including phenoxy) is 1. The van der Waals surface area contributed by atoms with Crippen LogP contribution in [0.2, 0.25) is 0 Å². The molecule has 0 saturated carbocycles. The van der Waals surface area contributed by atoms with E-state index in [9.17, 15) is 18.0 Å². The maximum absolute atomic E-state index is 13.2. The second kappa shape index (κ2) is 9.40. The normalized spacial score (nSPS) is 19.8. The molecule has 0 spiro atoms. The van der Waals surface area contributed by atoms with Crippen LogP contribution in [0.25, 0.3) is 0 Å². The Labute approximate surface area is 196 Å². The van der Waals surface area contributed by atoms with Gasteiger partial charge in [0.15, 0.2) is 0 Å². The van der Waals surface area contributed by atoms with Gasteiger partial charge in [-0.2, -0.15) is 13.2 Å². The van der Waals surface area contributed by atoms with Gasteiger partial charge in [-0.3, -0.25) is 4.79 Å². The van der Waals surface area contributed by atoms with Gasteiger partial charge in [-0.1, -0.05) is 6.07 Å². The third-order valence-corrected chi connectivity index (χ3v) is 7.00. The minimum absolute atomic E-state index is 0.0411. The van der Waals surface area contributed by atoms with Crippen LogP contribution in [0.4, 0.5) is 24.8 Å². The summed E-state index contributed by atoms with van der Waals surface area (Å²) in [6, 6.07) is 5.86. The molecule has 5 rings (SSSR count). The van der Waals surface area contributed by atoms with Crippen molar-refractivity contribution in [1.29, 1.82) is 0 Å². The van der Waals surface area contributed by atoms with Crippen LogP contribution < -0.4 is 9.80 Å². The van der Waals surface area contributed by atoms with Gasteiger partial charge in [-0.05, 0) is 42.5 Å². The SMILES string of the molecule is O=C(C1CCN(c2cc(N3CCOCC3)ncn2)CC1)N1CCc2ccc(C(F)(F)F)cc2C1. The van der Waals surface area contributed by atoms with Crippen LogP contribution >= 0.6 is 0 Å². The topological polar surface area (TPSA) is 61.8 Å². The third-order valence-electron chi connectivity index (χ3n) is 7.00. The summed E-state index contributed by atoms with van der Waals surface area (Å²) in [5.74, 6) is 1.66. The van der Waals surface area contributed by atoms with Crippen molar-refractivity contribution in [2.45, 2.75) is 32.0 Å². The molecule has 10 heteroatoms. The van der Waals surface area contributed by atoms with E-state index in [-0.39, 0.29) is 18.4 Å². The van der Waals surface area contributed by atoms with Crippen LogP contribution in [-0.2, 0) is 28.7 Å². The lowest BCUT2D eigenvalue weighted by Crippen LogP contribution is -2.44. The maximum atomic E-state index is 13.2. The molecule has 0 bridgehead atoms. The van der Waals surface area contributed by atoms with E-state index in [1.165, 1.54) is 6.07 Å². The summed E-state index contributed by atoms with van der Waals surface area (Å²) >= 11 is 0. The molecule has 0 radical (unpaired) electrons. The first-order valence-electron chi connectivity index (χ1n) is 11.8. The Morgan fingerprint density at radius 2 is 1.59 bits per heavy atom. The number of hydrogen-bond donors (Lipinski definition) is 0. The first-order valence-corrected chi connectivity index (χ1v) is 11.8. The van der Waals surface area contributed by atoms with Crippen LogP contribution in [0.15, 0.2) is 30.6 Å². The number of hydrogen-bond acceptors (Lipinski definition) is 6. The predicted octanol–water partition coefficient (Wildman–Crippen LogP) is 3.13. The fourth-order valence-electron chi connectivity index (χ4n) is 5.01. The molecule has 0 aliphatic carbocycles. The Morgan fingerprint density at radius 3 is 2.26 bits per heavy atom. The summed E-state index contributed by atoms with van der Waals surface area (Å²) in [4.78, 5) is 28.1.